The fraction of sp³-hybridized carbons (Fsp3) is 0.600. The summed E-state index contributed by atoms with van der Waals surface area (Å²) in [5, 5.41) is 11.8. The van der Waals surface area contributed by atoms with E-state index < -0.39 is 12.1 Å². The third-order valence-electron chi connectivity index (χ3n) is 3.72. The van der Waals surface area contributed by atoms with Crippen molar-refractivity contribution in [3.8, 4) is 5.75 Å². The summed E-state index contributed by atoms with van der Waals surface area (Å²) in [4.78, 5) is 0. The average Bonchev–Trinajstić information content (AvgIpc) is 2.46. The number of alkyl halides is 3. The van der Waals surface area contributed by atoms with E-state index in [1.807, 2.05) is 0 Å². The van der Waals surface area contributed by atoms with Gasteiger partial charge in [-0.25, -0.2) is 0 Å². The van der Waals surface area contributed by atoms with E-state index in [2.05, 4.69) is 5.32 Å². The van der Waals surface area contributed by atoms with Crippen LogP contribution in [0.1, 0.15) is 25.7 Å². The monoisotopic (exact) mass is 303 g/mol. The molecule has 2 atom stereocenters. The minimum absolute atomic E-state index is 0.0547. The number of hydrogen-bond acceptors (Lipinski definition) is 3. The maximum absolute atomic E-state index is 12.8. The lowest BCUT2D eigenvalue weighted by Gasteiger charge is -2.31. The second-order valence-electron chi connectivity index (χ2n) is 5.34. The highest BCUT2D eigenvalue weighted by atomic mass is 19.4. The lowest BCUT2D eigenvalue weighted by molar-refractivity contribution is -0.182. The molecular weight excluding hydrogens is 283 g/mol. The van der Waals surface area contributed by atoms with Gasteiger partial charge in [0.25, 0.3) is 0 Å². The standard InChI is InChI=1S/C15H20F3NO2/c16-15(17,18)11-2-1-3-13(10-11)19-12-4-6-14(7-5-12)21-9-8-20/h4-7,11,13,19-20H,1-3,8-10H2. The molecule has 0 bridgehead atoms. The van der Waals surface area contributed by atoms with Crippen LogP contribution in [0.3, 0.4) is 0 Å². The van der Waals surface area contributed by atoms with E-state index in [4.69, 9.17) is 9.84 Å². The van der Waals surface area contributed by atoms with Crippen LogP contribution in [0.2, 0.25) is 0 Å². The maximum atomic E-state index is 12.8. The Morgan fingerprint density at radius 2 is 1.90 bits per heavy atom. The molecule has 1 saturated carbocycles. The summed E-state index contributed by atoms with van der Waals surface area (Å²) < 4.78 is 43.5. The first-order valence-corrected chi connectivity index (χ1v) is 7.16. The highest BCUT2D eigenvalue weighted by Gasteiger charge is 2.42. The number of nitrogens with one attached hydrogen (secondary N) is 1. The van der Waals surface area contributed by atoms with Gasteiger partial charge >= 0.3 is 6.18 Å². The Balaban J connectivity index is 1.89. The number of rotatable bonds is 5. The van der Waals surface area contributed by atoms with Gasteiger partial charge in [-0.05, 0) is 43.5 Å². The van der Waals surface area contributed by atoms with Crippen molar-refractivity contribution in [1.82, 2.24) is 0 Å². The van der Waals surface area contributed by atoms with Gasteiger partial charge < -0.3 is 15.2 Å². The molecule has 2 rings (SSSR count). The molecule has 1 aromatic carbocycles. The molecule has 0 amide bonds. The Kier molecular flexibility index (Phi) is 5.33. The molecule has 6 heteroatoms. The first-order chi connectivity index (χ1) is 9.99. The van der Waals surface area contributed by atoms with Gasteiger partial charge in [-0.1, -0.05) is 6.42 Å². The van der Waals surface area contributed by atoms with Crippen molar-refractivity contribution in [2.75, 3.05) is 18.5 Å². The van der Waals surface area contributed by atoms with E-state index in [1.165, 1.54) is 0 Å². The lowest BCUT2D eigenvalue weighted by atomic mass is 9.85. The quantitative estimate of drug-likeness (QED) is 0.873. The Morgan fingerprint density at radius 3 is 2.52 bits per heavy atom. The minimum Gasteiger partial charge on any atom is -0.491 e. The number of hydrogen-bond donors (Lipinski definition) is 2. The van der Waals surface area contributed by atoms with E-state index in [9.17, 15) is 13.2 Å². The van der Waals surface area contributed by atoms with E-state index in [-0.39, 0.29) is 32.1 Å². The number of ether oxygens (including phenoxy) is 1. The number of anilines is 1. The van der Waals surface area contributed by atoms with Gasteiger partial charge in [0.2, 0.25) is 0 Å². The topological polar surface area (TPSA) is 41.5 Å². The van der Waals surface area contributed by atoms with Crippen LogP contribution in [0.5, 0.6) is 5.75 Å². The van der Waals surface area contributed by atoms with Crippen molar-refractivity contribution in [2.45, 2.75) is 37.9 Å². The molecule has 0 aliphatic heterocycles. The van der Waals surface area contributed by atoms with Gasteiger partial charge in [-0.3, -0.25) is 0 Å². The van der Waals surface area contributed by atoms with Crippen molar-refractivity contribution in [2.24, 2.45) is 5.92 Å². The van der Waals surface area contributed by atoms with Crippen LogP contribution in [0.25, 0.3) is 0 Å². The molecular formula is C15H20F3NO2. The molecule has 21 heavy (non-hydrogen) atoms. The van der Waals surface area contributed by atoms with Crippen LogP contribution < -0.4 is 10.1 Å². The molecule has 3 nitrogen and oxygen atoms in total. The van der Waals surface area contributed by atoms with Crippen LogP contribution in [-0.2, 0) is 0 Å². The van der Waals surface area contributed by atoms with Crippen LogP contribution >= 0.6 is 0 Å². The Bertz CT molecular complexity index is 434. The molecule has 2 N–H and O–H groups in total. The van der Waals surface area contributed by atoms with Crippen molar-refractivity contribution in [1.29, 1.82) is 0 Å². The maximum Gasteiger partial charge on any atom is 0.391 e. The molecule has 118 valence electrons. The SMILES string of the molecule is OCCOc1ccc(NC2CCCC(C(F)(F)F)C2)cc1. The van der Waals surface area contributed by atoms with Gasteiger partial charge in [0.05, 0.1) is 12.5 Å². The third kappa shape index (κ3) is 4.81. The molecule has 0 radical (unpaired) electrons. The number of benzene rings is 1. The van der Waals surface area contributed by atoms with Crippen molar-refractivity contribution < 1.29 is 23.0 Å². The molecule has 0 heterocycles. The summed E-state index contributed by atoms with van der Waals surface area (Å²) >= 11 is 0. The van der Waals surface area contributed by atoms with Gasteiger partial charge in [0.15, 0.2) is 0 Å². The largest absolute Gasteiger partial charge is 0.491 e. The lowest BCUT2D eigenvalue weighted by Crippen LogP contribution is -2.34. The van der Waals surface area contributed by atoms with Crippen molar-refractivity contribution in [3.05, 3.63) is 24.3 Å². The molecule has 1 aliphatic rings. The zero-order valence-corrected chi connectivity index (χ0v) is 11.7. The first-order valence-electron chi connectivity index (χ1n) is 7.16. The Morgan fingerprint density at radius 1 is 1.19 bits per heavy atom. The first kappa shape index (κ1) is 15.9. The van der Waals surface area contributed by atoms with Crippen LogP contribution in [0, 0.1) is 5.92 Å². The number of halogens is 3. The van der Waals surface area contributed by atoms with E-state index in [0.29, 0.717) is 12.2 Å². The van der Waals surface area contributed by atoms with E-state index >= 15 is 0 Å². The summed E-state index contributed by atoms with van der Waals surface area (Å²) in [6, 6.07) is 6.90. The highest BCUT2D eigenvalue weighted by molar-refractivity contribution is 5.47. The molecule has 1 fully saturated rings. The minimum atomic E-state index is -4.09. The Labute approximate surface area is 122 Å². The van der Waals surface area contributed by atoms with Gasteiger partial charge in [-0.15, -0.1) is 0 Å². The fourth-order valence-electron chi connectivity index (χ4n) is 2.66. The normalized spacial score (nSPS) is 22.9. The van der Waals surface area contributed by atoms with Crippen molar-refractivity contribution in [3.63, 3.8) is 0 Å². The Hall–Kier alpha value is -1.43. The van der Waals surface area contributed by atoms with Gasteiger partial charge in [0, 0.05) is 11.7 Å². The van der Waals surface area contributed by atoms with Gasteiger partial charge in [-0.2, -0.15) is 13.2 Å². The molecule has 0 saturated heterocycles. The summed E-state index contributed by atoms with van der Waals surface area (Å²) in [6.45, 7) is 0.170. The molecule has 2 unspecified atom stereocenters. The predicted octanol–water partition coefficient (Wildman–Crippen LogP) is 3.59. The predicted molar refractivity (Wildman–Crippen MR) is 74.4 cm³/mol. The summed E-state index contributed by atoms with van der Waals surface area (Å²) in [5.74, 6) is -0.567. The second-order valence-corrected chi connectivity index (χ2v) is 5.34. The summed E-state index contributed by atoms with van der Waals surface area (Å²) in [5.41, 5.74) is 0.791. The zero-order chi connectivity index (χ0) is 15.3. The second kappa shape index (κ2) is 7.02. The van der Waals surface area contributed by atoms with Crippen molar-refractivity contribution >= 4 is 5.69 Å². The van der Waals surface area contributed by atoms with Crippen LogP contribution in [-0.4, -0.2) is 30.5 Å². The molecule has 0 spiro atoms. The number of aliphatic hydroxyl groups is 1. The number of aliphatic hydroxyl groups excluding tert-OH is 1. The molecule has 0 aromatic heterocycles. The summed E-state index contributed by atoms with van der Waals surface area (Å²) in [6.07, 6.45) is -2.38. The van der Waals surface area contributed by atoms with Crippen LogP contribution in [0.4, 0.5) is 18.9 Å². The molecule has 1 aliphatic carbocycles. The third-order valence-corrected chi connectivity index (χ3v) is 3.72. The smallest absolute Gasteiger partial charge is 0.391 e. The highest BCUT2D eigenvalue weighted by Crippen LogP contribution is 2.38. The van der Waals surface area contributed by atoms with E-state index in [1.54, 1.807) is 24.3 Å². The van der Waals surface area contributed by atoms with E-state index in [0.717, 1.165) is 12.1 Å². The average molecular weight is 303 g/mol. The van der Waals surface area contributed by atoms with Gasteiger partial charge in [0.1, 0.15) is 12.4 Å². The fourth-order valence-corrected chi connectivity index (χ4v) is 2.66. The van der Waals surface area contributed by atoms with Crippen LogP contribution in [0.15, 0.2) is 24.3 Å². The summed E-state index contributed by atoms with van der Waals surface area (Å²) in [7, 11) is 0. The zero-order valence-electron chi connectivity index (χ0n) is 11.7. The molecule has 1 aromatic rings.